The number of aliphatic hydroxyl groups excluding tert-OH is 1. The first-order valence-electron chi connectivity index (χ1n) is 8.76. The molecule has 0 aliphatic heterocycles. The van der Waals surface area contributed by atoms with E-state index in [0.717, 1.165) is 12.0 Å². The summed E-state index contributed by atoms with van der Waals surface area (Å²) in [6.07, 6.45) is 0.562. The largest absolute Gasteiger partial charge is 0.388 e. The molecule has 0 saturated carbocycles. The predicted molar refractivity (Wildman–Crippen MR) is 94.1 cm³/mol. The zero-order valence-corrected chi connectivity index (χ0v) is 13.3. The number of fused-ring (bicyclic) bond motifs is 7. The summed E-state index contributed by atoms with van der Waals surface area (Å²) in [6.45, 7) is 0. The fourth-order valence-corrected chi connectivity index (χ4v) is 5.93. The highest BCUT2D eigenvalue weighted by molar-refractivity contribution is 5.63. The molecule has 4 unspecified atom stereocenters. The summed E-state index contributed by atoms with van der Waals surface area (Å²) in [7, 11) is 0. The second kappa shape index (κ2) is 4.17. The Bertz CT molecular complexity index is 962. The zero-order valence-electron chi connectivity index (χ0n) is 13.3. The summed E-state index contributed by atoms with van der Waals surface area (Å²) in [5.41, 5.74) is 7.98. The number of hydrogen-bond acceptors (Lipinski definition) is 1. The van der Waals surface area contributed by atoms with Crippen LogP contribution in [0.1, 0.15) is 51.3 Å². The van der Waals surface area contributed by atoms with Crippen LogP contribution >= 0.6 is 0 Å². The van der Waals surface area contributed by atoms with E-state index in [4.69, 9.17) is 0 Å². The molecular weight excluding hydrogens is 292 g/mol. The highest BCUT2D eigenvalue weighted by Crippen LogP contribution is 2.73. The van der Waals surface area contributed by atoms with Gasteiger partial charge in [-0.2, -0.15) is 0 Å². The van der Waals surface area contributed by atoms with Gasteiger partial charge in [0.05, 0.1) is 6.10 Å². The van der Waals surface area contributed by atoms with Crippen molar-refractivity contribution in [2.45, 2.75) is 24.4 Å². The molecule has 0 aromatic heterocycles. The molecule has 3 aromatic carbocycles. The van der Waals surface area contributed by atoms with Gasteiger partial charge in [-0.1, -0.05) is 72.8 Å². The molecule has 0 bridgehead atoms. The van der Waals surface area contributed by atoms with Gasteiger partial charge in [-0.15, -0.1) is 0 Å². The molecule has 3 aromatic rings. The average molecular weight is 310 g/mol. The molecule has 1 N–H and O–H groups in total. The molecule has 1 spiro atoms. The normalized spacial score (nSPS) is 31.1. The van der Waals surface area contributed by atoms with Crippen LogP contribution in [0, 0.1) is 5.41 Å². The fourth-order valence-electron chi connectivity index (χ4n) is 5.93. The monoisotopic (exact) mass is 310 g/mol. The predicted octanol–water partition coefficient (Wildman–Crippen LogP) is 4.55. The third-order valence-corrected chi connectivity index (χ3v) is 6.67. The standard InChI is InChI=1S/C23H18O/c24-22-19-12-6-5-11-18(19)21-17-10-4-3-9-16(17)20-15-8-2-1-7-14(15)13-23(20,21)22/h1-12,20-22,24H,13H2. The van der Waals surface area contributed by atoms with Crippen LogP contribution in [0.3, 0.4) is 0 Å². The first kappa shape index (κ1) is 13.0. The van der Waals surface area contributed by atoms with Crippen molar-refractivity contribution >= 4 is 0 Å². The molecule has 0 radical (unpaired) electrons. The van der Waals surface area contributed by atoms with Crippen molar-refractivity contribution in [1.29, 1.82) is 0 Å². The third kappa shape index (κ3) is 1.26. The lowest BCUT2D eigenvalue weighted by molar-refractivity contribution is 0.0323. The Kier molecular flexibility index (Phi) is 2.25. The van der Waals surface area contributed by atoms with Crippen LogP contribution in [-0.4, -0.2) is 5.11 Å². The van der Waals surface area contributed by atoms with Crippen molar-refractivity contribution in [2.75, 3.05) is 0 Å². The molecule has 3 aliphatic carbocycles. The van der Waals surface area contributed by atoms with Gasteiger partial charge in [0, 0.05) is 17.3 Å². The van der Waals surface area contributed by atoms with E-state index in [0.29, 0.717) is 11.8 Å². The van der Waals surface area contributed by atoms with E-state index in [1.807, 2.05) is 0 Å². The molecule has 0 saturated heterocycles. The average Bonchev–Trinajstić information content (AvgIpc) is 3.19. The van der Waals surface area contributed by atoms with E-state index in [2.05, 4.69) is 72.8 Å². The molecule has 0 heterocycles. The van der Waals surface area contributed by atoms with Crippen LogP contribution in [0.4, 0.5) is 0 Å². The summed E-state index contributed by atoms with van der Waals surface area (Å²) in [5, 5.41) is 11.5. The summed E-state index contributed by atoms with van der Waals surface area (Å²) in [5.74, 6) is 0.606. The van der Waals surface area contributed by atoms with Gasteiger partial charge in [-0.05, 0) is 39.8 Å². The summed E-state index contributed by atoms with van der Waals surface area (Å²) in [4.78, 5) is 0. The Morgan fingerprint density at radius 3 is 1.75 bits per heavy atom. The van der Waals surface area contributed by atoms with Gasteiger partial charge in [-0.3, -0.25) is 0 Å². The Morgan fingerprint density at radius 1 is 0.625 bits per heavy atom. The molecule has 1 nitrogen and oxygen atoms in total. The van der Waals surface area contributed by atoms with Gasteiger partial charge in [0.2, 0.25) is 0 Å². The van der Waals surface area contributed by atoms with Gasteiger partial charge < -0.3 is 5.11 Å². The second-order valence-corrected chi connectivity index (χ2v) is 7.51. The Morgan fingerprint density at radius 2 is 1.08 bits per heavy atom. The Labute approximate surface area is 141 Å². The molecular formula is C23H18O. The molecule has 0 amide bonds. The van der Waals surface area contributed by atoms with Crippen molar-refractivity contribution in [2.24, 2.45) is 5.41 Å². The molecule has 1 heteroatoms. The van der Waals surface area contributed by atoms with Crippen LogP contribution in [0.2, 0.25) is 0 Å². The van der Waals surface area contributed by atoms with E-state index in [-0.39, 0.29) is 5.41 Å². The van der Waals surface area contributed by atoms with Crippen molar-refractivity contribution in [3.8, 4) is 0 Å². The number of benzene rings is 3. The van der Waals surface area contributed by atoms with Crippen LogP contribution < -0.4 is 0 Å². The SMILES string of the molecule is OC1c2ccccc2C2c3ccccc3C3c4ccccc4CC132. The highest BCUT2D eigenvalue weighted by Gasteiger charge is 2.65. The molecule has 3 aliphatic rings. The van der Waals surface area contributed by atoms with Crippen molar-refractivity contribution in [3.05, 3.63) is 106 Å². The summed E-state index contributed by atoms with van der Waals surface area (Å²) >= 11 is 0. The van der Waals surface area contributed by atoms with Crippen LogP contribution in [0.25, 0.3) is 0 Å². The first-order valence-corrected chi connectivity index (χ1v) is 8.76. The van der Waals surface area contributed by atoms with Gasteiger partial charge in [-0.25, -0.2) is 0 Å². The van der Waals surface area contributed by atoms with Gasteiger partial charge in [0.25, 0.3) is 0 Å². The Hall–Kier alpha value is -2.38. The van der Waals surface area contributed by atoms with Gasteiger partial charge in [0.15, 0.2) is 0 Å². The highest BCUT2D eigenvalue weighted by atomic mass is 16.3. The number of hydrogen-bond donors (Lipinski definition) is 1. The summed E-state index contributed by atoms with van der Waals surface area (Å²) in [6, 6.07) is 26.1. The molecule has 24 heavy (non-hydrogen) atoms. The lowest BCUT2D eigenvalue weighted by Crippen LogP contribution is -2.30. The van der Waals surface area contributed by atoms with E-state index in [9.17, 15) is 5.11 Å². The zero-order chi connectivity index (χ0) is 15.9. The van der Waals surface area contributed by atoms with Crippen molar-refractivity contribution in [3.63, 3.8) is 0 Å². The first-order chi connectivity index (χ1) is 11.8. The van der Waals surface area contributed by atoms with Crippen LogP contribution in [-0.2, 0) is 6.42 Å². The summed E-state index contributed by atoms with van der Waals surface area (Å²) < 4.78 is 0. The minimum absolute atomic E-state index is 0.142. The van der Waals surface area contributed by atoms with Gasteiger partial charge in [0.1, 0.15) is 0 Å². The molecule has 4 atom stereocenters. The van der Waals surface area contributed by atoms with Crippen LogP contribution in [0.5, 0.6) is 0 Å². The van der Waals surface area contributed by atoms with E-state index in [1.54, 1.807) is 0 Å². The van der Waals surface area contributed by atoms with E-state index in [1.165, 1.54) is 27.8 Å². The molecule has 0 fully saturated rings. The second-order valence-electron chi connectivity index (χ2n) is 7.51. The third-order valence-electron chi connectivity index (χ3n) is 6.67. The van der Waals surface area contributed by atoms with Crippen LogP contribution in [0.15, 0.2) is 72.8 Å². The molecule has 6 rings (SSSR count). The number of aliphatic hydroxyl groups is 1. The maximum atomic E-state index is 11.5. The minimum atomic E-state index is -0.400. The van der Waals surface area contributed by atoms with Gasteiger partial charge >= 0.3 is 0 Å². The topological polar surface area (TPSA) is 20.2 Å². The lowest BCUT2D eigenvalue weighted by atomic mass is 9.70. The van der Waals surface area contributed by atoms with Crippen molar-refractivity contribution in [1.82, 2.24) is 0 Å². The van der Waals surface area contributed by atoms with Crippen molar-refractivity contribution < 1.29 is 5.11 Å². The lowest BCUT2D eigenvalue weighted by Gasteiger charge is -2.34. The quantitative estimate of drug-likeness (QED) is 0.645. The smallest absolute Gasteiger partial charge is 0.0870 e. The maximum Gasteiger partial charge on any atom is 0.0870 e. The molecule has 116 valence electrons. The Balaban J connectivity index is 1.73. The van der Waals surface area contributed by atoms with E-state index < -0.39 is 6.10 Å². The van der Waals surface area contributed by atoms with E-state index >= 15 is 0 Å². The number of rotatable bonds is 0. The minimum Gasteiger partial charge on any atom is -0.388 e. The fraction of sp³-hybridized carbons (Fsp3) is 0.217. The maximum absolute atomic E-state index is 11.5.